The zero-order valence-corrected chi connectivity index (χ0v) is 15.6. The molecule has 1 amide bonds. The summed E-state index contributed by atoms with van der Waals surface area (Å²) in [6.07, 6.45) is 3.21. The summed E-state index contributed by atoms with van der Waals surface area (Å²) < 4.78 is 32.3. The third kappa shape index (κ3) is 4.05. The van der Waals surface area contributed by atoms with Crippen LogP contribution in [0.5, 0.6) is 5.75 Å². The summed E-state index contributed by atoms with van der Waals surface area (Å²) in [6.45, 7) is 1.52. The smallest absolute Gasteiger partial charge is 0.242 e. The number of hydrogen-bond acceptors (Lipinski definition) is 4. The van der Waals surface area contributed by atoms with Crippen molar-refractivity contribution in [2.45, 2.75) is 37.1 Å². The average Bonchev–Trinajstić information content (AvgIpc) is 3.09. The van der Waals surface area contributed by atoms with E-state index in [4.69, 9.17) is 4.74 Å². The maximum absolute atomic E-state index is 12.4. The molecular weight excluding hydrogens is 352 g/mol. The molecule has 26 heavy (non-hydrogen) atoms. The first-order valence-corrected chi connectivity index (χ1v) is 9.96. The van der Waals surface area contributed by atoms with E-state index in [1.54, 1.807) is 12.1 Å². The number of anilines is 1. The first kappa shape index (κ1) is 18.4. The Bertz CT molecular complexity index is 908. The number of nitrogens with one attached hydrogen (secondary N) is 2. The maximum atomic E-state index is 12.4. The highest BCUT2D eigenvalue weighted by atomic mass is 32.2. The minimum atomic E-state index is -3.80. The minimum Gasteiger partial charge on any atom is -0.497 e. The summed E-state index contributed by atoms with van der Waals surface area (Å²) in [4.78, 5) is 12.4. The molecule has 0 aliphatic heterocycles. The monoisotopic (exact) mass is 374 g/mol. The Morgan fingerprint density at radius 1 is 1.08 bits per heavy atom. The van der Waals surface area contributed by atoms with Crippen molar-refractivity contribution in [3.63, 3.8) is 0 Å². The van der Waals surface area contributed by atoms with Crippen molar-refractivity contribution in [1.82, 2.24) is 4.72 Å². The predicted octanol–water partition coefficient (Wildman–Crippen LogP) is 2.49. The van der Waals surface area contributed by atoms with Crippen LogP contribution in [0.1, 0.15) is 24.5 Å². The third-order valence-corrected chi connectivity index (χ3v) is 6.02. The number of aryl methyl sites for hydroxylation is 2. The van der Waals surface area contributed by atoms with Gasteiger partial charge in [-0.25, -0.2) is 8.42 Å². The van der Waals surface area contributed by atoms with Crippen LogP contribution in [-0.4, -0.2) is 27.5 Å². The summed E-state index contributed by atoms with van der Waals surface area (Å²) in [5.41, 5.74) is 3.25. The minimum absolute atomic E-state index is 0.0791. The van der Waals surface area contributed by atoms with Crippen LogP contribution in [0.4, 0.5) is 5.69 Å². The molecule has 0 spiro atoms. The van der Waals surface area contributed by atoms with E-state index in [-0.39, 0.29) is 4.90 Å². The topological polar surface area (TPSA) is 84.5 Å². The van der Waals surface area contributed by atoms with Crippen molar-refractivity contribution in [1.29, 1.82) is 0 Å². The van der Waals surface area contributed by atoms with Gasteiger partial charge in [-0.3, -0.25) is 4.79 Å². The number of rotatable bonds is 6. The summed E-state index contributed by atoms with van der Waals surface area (Å²) in [7, 11) is -2.29. The molecule has 6 nitrogen and oxygen atoms in total. The lowest BCUT2D eigenvalue weighted by atomic mass is 10.1. The number of carbonyl (C=O) groups excluding carboxylic acids is 1. The largest absolute Gasteiger partial charge is 0.497 e. The molecule has 7 heteroatoms. The fourth-order valence-corrected chi connectivity index (χ4v) is 4.21. The number of fused-ring (bicyclic) bond motifs is 1. The van der Waals surface area contributed by atoms with Gasteiger partial charge >= 0.3 is 0 Å². The van der Waals surface area contributed by atoms with Gasteiger partial charge in [0.2, 0.25) is 15.9 Å². The molecule has 138 valence electrons. The van der Waals surface area contributed by atoms with Crippen molar-refractivity contribution in [3.05, 3.63) is 53.6 Å². The summed E-state index contributed by atoms with van der Waals surface area (Å²) in [5.74, 6) is 0.159. The van der Waals surface area contributed by atoms with Gasteiger partial charge in [-0.1, -0.05) is 6.07 Å². The van der Waals surface area contributed by atoms with Gasteiger partial charge in [0.15, 0.2) is 0 Å². The molecule has 2 aromatic rings. The van der Waals surface area contributed by atoms with E-state index in [0.29, 0.717) is 11.4 Å². The van der Waals surface area contributed by atoms with Crippen molar-refractivity contribution in [3.8, 4) is 5.75 Å². The molecule has 0 radical (unpaired) electrons. The van der Waals surface area contributed by atoms with E-state index in [1.807, 2.05) is 18.2 Å². The predicted molar refractivity (Wildman–Crippen MR) is 99.9 cm³/mol. The molecule has 1 aliphatic carbocycles. The number of methoxy groups -OCH3 is 1. The van der Waals surface area contributed by atoms with E-state index < -0.39 is 22.0 Å². The van der Waals surface area contributed by atoms with Gasteiger partial charge in [0, 0.05) is 5.69 Å². The molecule has 0 unspecified atom stereocenters. The van der Waals surface area contributed by atoms with Crippen LogP contribution in [0.15, 0.2) is 47.4 Å². The molecule has 1 atom stereocenters. The Morgan fingerprint density at radius 2 is 1.77 bits per heavy atom. The van der Waals surface area contributed by atoms with Crippen LogP contribution in [-0.2, 0) is 27.7 Å². The molecule has 0 aromatic heterocycles. The second-order valence-corrected chi connectivity index (χ2v) is 8.06. The Balaban J connectivity index is 1.66. The van der Waals surface area contributed by atoms with Gasteiger partial charge in [-0.15, -0.1) is 0 Å². The van der Waals surface area contributed by atoms with Crippen LogP contribution in [0.25, 0.3) is 0 Å². The maximum Gasteiger partial charge on any atom is 0.242 e. The summed E-state index contributed by atoms with van der Waals surface area (Å²) in [5, 5.41) is 2.78. The van der Waals surface area contributed by atoms with Crippen molar-refractivity contribution in [2.24, 2.45) is 0 Å². The highest BCUT2D eigenvalue weighted by molar-refractivity contribution is 7.89. The van der Waals surface area contributed by atoms with Crippen molar-refractivity contribution >= 4 is 21.6 Å². The van der Waals surface area contributed by atoms with E-state index in [2.05, 4.69) is 10.0 Å². The first-order valence-electron chi connectivity index (χ1n) is 8.48. The Labute approximate surface area is 153 Å². The molecule has 2 aromatic carbocycles. The molecule has 0 saturated heterocycles. The molecule has 3 rings (SSSR count). The normalized spacial score (nSPS) is 14.5. The lowest BCUT2D eigenvalue weighted by Gasteiger charge is -2.15. The van der Waals surface area contributed by atoms with Crippen molar-refractivity contribution < 1.29 is 17.9 Å². The van der Waals surface area contributed by atoms with E-state index in [0.717, 1.165) is 19.3 Å². The van der Waals surface area contributed by atoms with Crippen molar-refractivity contribution in [2.75, 3.05) is 12.4 Å². The second kappa shape index (κ2) is 7.47. The fraction of sp³-hybridized carbons (Fsp3) is 0.316. The third-order valence-electron chi connectivity index (χ3n) is 4.46. The highest BCUT2D eigenvalue weighted by Gasteiger charge is 2.22. The van der Waals surface area contributed by atoms with Crippen LogP contribution < -0.4 is 14.8 Å². The second-order valence-electron chi connectivity index (χ2n) is 6.34. The number of ether oxygens (including phenoxy) is 1. The molecule has 0 bridgehead atoms. The lowest BCUT2D eigenvalue weighted by molar-refractivity contribution is -0.117. The molecule has 0 saturated carbocycles. The van der Waals surface area contributed by atoms with E-state index in [9.17, 15) is 13.2 Å². The SMILES string of the molecule is COc1ccc(S(=O)(=O)N[C@@H](C)C(=O)Nc2ccc3c(c2)CCC3)cc1. The van der Waals surface area contributed by atoms with Gasteiger partial charge in [0.05, 0.1) is 18.0 Å². The summed E-state index contributed by atoms with van der Waals surface area (Å²) in [6, 6.07) is 10.9. The first-order chi connectivity index (χ1) is 12.4. The quantitative estimate of drug-likeness (QED) is 0.814. The van der Waals surface area contributed by atoms with Crippen LogP contribution >= 0.6 is 0 Å². The molecule has 0 heterocycles. The van der Waals surface area contributed by atoms with E-state index in [1.165, 1.54) is 37.3 Å². The van der Waals surface area contributed by atoms with Gasteiger partial charge in [-0.2, -0.15) is 4.72 Å². The Kier molecular flexibility index (Phi) is 5.29. The average molecular weight is 374 g/mol. The molecule has 2 N–H and O–H groups in total. The van der Waals surface area contributed by atoms with Crippen LogP contribution in [0, 0.1) is 0 Å². The van der Waals surface area contributed by atoms with Gasteiger partial charge in [0.25, 0.3) is 0 Å². The van der Waals surface area contributed by atoms with Crippen LogP contribution in [0.3, 0.4) is 0 Å². The Hall–Kier alpha value is -2.38. The molecule has 0 fully saturated rings. The number of benzene rings is 2. The van der Waals surface area contributed by atoms with E-state index >= 15 is 0 Å². The number of amides is 1. The zero-order chi connectivity index (χ0) is 18.7. The van der Waals surface area contributed by atoms with Gasteiger partial charge in [0.1, 0.15) is 5.75 Å². The van der Waals surface area contributed by atoms with Gasteiger partial charge < -0.3 is 10.1 Å². The molecule has 1 aliphatic rings. The number of sulfonamides is 1. The van der Waals surface area contributed by atoms with Gasteiger partial charge in [-0.05, 0) is 73.7 Å². The Morgan fingerprint density at radius 3 is 2.46 bits per heavy atom. The lowest BCUT2D eigenvalue weighted by Crippen LogP contribution is -2.41. The standard InChI is InChI=1S/C19H22N2O4S/c1-13(21-26(23,24)18-10-8-17(25-2)9-11-18)19(22)20-16-7-6-14-4-3-5-15(14)12-16/h6-13,21H,3-5H2,1-2H3,(H,20,22)/t13-/m0/s1. The fourth-order valence-electron chi connectivity index (χ4n) is 3.01. The molecular formula is C19H22N2O4S. The highest BCUT2D eigenvalue weighted by Crippen LogP contribution is 2.25. The summed E-state index contributed by atoms with van der Waals surface area (Å²) >= 11 is 0. The number of carbonyl (C=O) groups is 1. The number of hydrogen-bond donors (Lipinski definition) is 2. The van der Waals surface area contributed by atoms with Crippen LogP contribution in [0.2, 0.25) is 0 Å². The zero-order valence-electron chi connectivity index (χ0n) is 14.8.